The molecule has 2 heterocycles. The highest BCUT2D eigenvalue weighted by molar-refractivity contribution is 7.98. The Morgan fingerprint density at radius 2 is 2.16 bits per heavy atom. The van der Waals surface area contributed by atoms with E-state index in [1.807, 2.05) is 24.3 Å². The van der Waals surface area contributed by atoms with Gasteiger partial charge >= 0.3 is 0 Å². The van der Waals surface area contributed by atoms with Crippen molar-refractivity contribution in [2.24, 2.45) is 0 Å². The molecule has 0 spiro atoms. The Morgan fingerprint density at radius 1 is 1.32 bits per heavy atom. The normalized spacial score (nSPS) is 18.9. The van der Waals surface area contributed by atoms with E-state index in [9.17, 15) is 0 Å². The maximum absolute atomic E-state index is 5.85. The molecule has 1 aliphatic rings. The van der Waals surface area contributed by atoms with Crippen LogP contribution in [0.5, 0.6) is 0 Å². The third-order valence-electron chi connectivity index (χ3n) is 3.19. The van der Waals surface area contributed by atoms with Crippen molar-refractivity contribution < 1.29 is 9.73 Å². The summed E-state index contributed by atoms with van der Waals surface area (Å²) in [6, 6.07) is 8.17. The first kappa shape index (κ1) is 13.0. The molecule has 0 aliphatic carbocycles. The first-order valence-electron chi connectivity index (χ1n) is 6.35. The van der Waals surface area contributed by atoms with Gasteiger partial charge in [0.1, 0.15) is 0 Å². The molecule has 1 aliphatic heterocycles. The Kier molecular flexibility index (Phi) is 4.06. The minimum atomic E-state index is 0.359. The van der Waals surface area contributed by atoms with Gasteiger partial charge < -0.3 is 9.73 Å². The van der Waals surface area contributed by atoms with Crippen molar-refractivity contribution in [3.8, 4) is 0 Å². The van der Waals surface area contributed by atoms with E-state index in [-0.39, 0.29) is 0 Å². The Morgan fingerprint density at radius 3 is 2.89 bits per heavy atom. The smallest absolute Gasteiger partial charge is 0.277 e. The summed E-state index contributed by atoms with van der Waals surface area (Å²) >= 11 is 7.42. The Balaban J connectivity index is 1.59. The van der Waals surface area contributed by atoms with Crippen molar-refractivity contribution in [1.82, 2.24) is 10.2 Å². The van der Waals surface area contributed by atoms with Crippen molar-refractivity contribution in [2.45, 2.75) is 29.9 Å². The second-order valence-corrected chi connectivity index (χ2v) is 5.96. The van der Waals surface area contributed by atoms with Crippen LogP contribution in [0.25, 0.3) is 0 Å². The fourth-order valence-electron chi connectivity index (χ4n) is 2.15. The zero-order chi connectivity index (χ0) is 13.1. The number of hydrogen-bond donors (Lipinski definition) is 1. The summed E-state index contributed by atoms with van der Waals surface area (Å²) in [7, 11) is 0. The van der Waals surface area contributed by atoms with E-state index in [1.54, 1.807) is 11.8 Å². The first-order chi connectivity index (χ1) is 9.31. The number of quaternary nitrogens is 1. The molecule has 1 aromatic heterocycles. The molecule has 1 aromatic carbocycles. The molecule has 19 heavy (non-hydrogen) atoms. The number of rotatable bonds is 4. The SMILES string of the molecule is Clc1ccc(CSc2nnc([C@@H]3CCC[NH2+]3)o2)cc1. The van der Waals surface area contributed by atoms with Gasteiger partial charge in [-0.15, -0.1) is 10.2 Å². The third-order valence-corrected chi connectivity index (χ3v) is 4.33. The van der Waals surface area contributed by atoms with Crippen LogP contribution >= 0.6 is 23.4 Å². The van der Waals surface area contributed by atoms with Crippen LogP contribution in [0, 0.1) is 0 Å². The molecule has 2 aromatic rings. The predicted molar refractivity (Wildman–Crippen MR) is 74.1 cm³/mol. The van der Waals surface area contributed by atoms with E-state index in [2.05, 4.69) is 15.5 Å². The Bertz CT molecular complexity index is 537. The Hall–Kier alpha value is -1.04. The summed E-state index contributed by atoms with van der Waals surface area (Å²) in [5.74, 6) is 1.57. The lowest BCUT2D eigenvalue weighted by molar-refractivity contribution is -0.678. The maximum atomic E-state index is 5.85. The Labute approximate surface area is 120 Å². The van der Waals surface area contributed by atoms with Gasteiger partial charge in [0.25, 0.3) is 11.1 Å². The summed E-state index contributed by atoms with van der Waals surface area (Å²) in [4.78, 5) is 0. The lowest BCUT2D eigenvalue weighted by atomic mass is 10.2. The van der Waals surface area contributed by atoms with Gasteiger partial charge in [-0.2, -0.15) is 0 Å². The van der Waals surface area contributed by atoms with E-state index in [0.717, 1.165) is 29.6 Å². The average Bonchev–Trinajstić information content (AvgIpc) is 3.09. The molecular weight excluding hydrogens is 282 g/mol. The van der Waals surface area contributed by atoms with Crippen molar-refractivity contribution in [2.75, 3.05) is 6.54 Å². The van der Waals surface area contributed by atoms with E-state index in [1.165, 1.54) is 12.0 Å². The lowest BCUT2D eigenvalue weighted by Crippen LogP contribution is -2.81. The van der Waals surface area contributed by atoms with Gasteiger partial charge in [-0.1, -0.05) is 35.5 Å². The molecule has 0 radical (unpaired) electrons. The van der Waals surface area contributed by atoms with Crippen LogP contribution in [0.2, 0.25) is 5.02 Å². The van der Waals surface area contributed by atoms with Gasteiger partial charge in [0.05, 0.1) is 6.54 Å². The van der Waals surface area contributed by atoms with Gasteiger partial charge in [-0.05, 0) is 17.7 Å². The number of nitrogens with two attached hydrogens (primary N) is 1. The van der Waals surface area contributed by atoms with Crippen LogP contribution in [-0.4, -0.2) is 16.7 Å². The molecule has 6 heteroatoms. The zero-order valence-electron chi connectivity index (χ0n) is 10.4. The van der Waals surface area contributed by atoms with Crippen molar-refractivity contribution in [3.63, 3.8) is 0 Å². The monoisotopic (exact) mass is 296 g/mol. The number of aromatic nitrogens is 2. The van der Waals surface area contributed by atoms with Crippen LogP contribution in [0.3, 0.4) is 0 Å². The van der Waals surface area contributed by atoms with Gasteiger partial charge in [0.15, 0.2) is 6.04 Å². The number of benzene rings is 1. The largest absolute Gasteiger partial charge is 0.410 e. The van der Waals surface area contributed by atoms with E-state index >= 15 is 0 Å². The fourth-order valence-corrected chi connectivity index (χ4v) is 3.00. The highest BCUT2D eigenvalue weighted by atomic mass is 35.5. The molecule has 0 amide bonds. The van der Waals surface area contributed by atoms with Crippen LogP contribution in [0.1, 0.15) is 30.3 Å². The molecule has 0 saturated carbocycles. The summed E-state index contributed by atoms with van der Waals surface area (Å²) in [6.07, 6.45) is 2.35. The van der Waals surface area contributed by atoms with Gasteiger partial charge in [0.2, 0.25) is 0 Å². The standard InChI is InChI=1S/C13H14ClN3OS/c14-10-5-3-9(4-6-10)8-19-13-17-16-12(18-13)11-2-1-7-15-11/h3-6,11,15H,1-2,7-8H2/p+1/t11-/m0/s1. The van der Waals surface area contributed by atoms with E-state index < -0.39 is 0 Å². The van der Waals surface area contributed by atoms with Crippen LogP contribution in [0.4, 0.5) is 0 Å². The molecule has 0 bridgehead atoms. The predicted octanol–water partition coefficient (Wildman–Crippen LogP) is 2.41. The minimum Gasteiger partial charge on any atom is -0.410 e. The number of halogens is 1. The highest BCUT2D eigenvalue weighted by Crippen LogP contribution is 2.25. The number of hydrogen-bond acceptors (Lipinski definition) is 4. The molecule has 1 fully saturated rings. The summed E-state index contributed by atoms with van der Waals surface area (Å²) < 4.78 is 5.70. The second-order valence-electron chi connectivity index (χ2n) is 4.59. The van der Waals surface area contributed by atoms with Crippen LogP contribution in [0.15, 0.2) is 33.9 Å². The summed E-state index contributed by atoms with van der Waals surface area (Å²) in [6.45, 7) is 1.15. The first-order valence-corrected chi connectivity index (χ1v) is 7.71. The van der Waals surface area contributed by atoms with E-state index in [4.69, 9.17) is 16.0 Å². The molecule has 0 unspecified atom stereocenters. The zero-order valence-corrected chi connectivity index (χ0v) is 12.0. The van der Waals surface area contributed by atoms with Gasteiger partial charge in [-0.3, -0.25) is 0 Å². The highest BCUT2D eigenvalue weighted by Gasteiger charge is 2.26. The second kappa shape index (κ2) is 5.94. The molecular formula is C13H15ClN3OS+. The fraction of sp³-hybridized carbons (Fsp3) is 0.385. The molecule has 2 N–H and O–H groups in total. The number of nitrogens with zero attached hydrogens (tertiary/aromatic N) is 2. The van der Waals surface area contributed by atoms with Crippen molar-refractivity contribution in [1.29, 1.82) is 0 Å². The molecule has 4 nitrogen and oxygen atoms in total. The minimum absolute atomic E-state index is 0.359. The third kappa shape index (κ3) is 3.29. The molecule has 3 rings (SSSR count). The van der Waals surface area contributed by atoms with Crippen LogP contribution < -0.4 is 5.32 Å². The lowest BCUT2D eigenvalue weighted by Gasteiger charge is -2.00. The summed E-state index contributed by atoms with van der Waals surface area (Å²) in [5, 5.41) is 11.9. The van der Waals surface area contributed by atoms with Crippen molar-refractivity contribution in [3.05, 3.63) is 40.7 Å². The molecule has 1 atom stereocenters. The van der Waals surface area contributed by atoms with Crippen molar-refractivity contribution >= 4 is 23.4 Å². The summed E-state index contributed by atoms with van der Waals surface area (Å²) in [5.41, 5.74) is 1.20. The maximum Gasteiger partial charge on any atom is 0.277 e. The quantitative estimate of drug-likeness (QED) is 0.880. The number of thioether (sulfide) groups is 1. The van der Waals surface area contributed by atoms with Gasteiger partial charge in [0, 0.05) is 23.6 Å². The van der Waals surface area contributed by atoms with Crippen LogP contribution in [-0.2, 0) is 5.75 Å². The van der Waals surface area contributed by atoms with E-state index in [0.29, 0.717) is 11.3 Å². The van der Waals surface area contributed by atoms with Gasteiger partial charge in [-0.25, -0.2) is 0 Å². The molecule has 1 saturated heterocycles. The topological polar surface area (TPSA) is 55.5 Å². The molecule has 100 valence electrons. The average molecular weight is 297 g/mol.